The summed E-state index contributed by atoms with van der Waals surface area (Å²) in [5.41, 5.74) is 11.3. The van der Waals surface area contributed by atoms with E-state index in [9.17, 15) is 0 Å². The third-order valence-electron chi connectivity index (χ3n) is 5.56. The molecule has 0 saturated heterocycles. The maximum atomic E-state index is 6.36. The van der Waals surface area contributed by atoms with Gasteiger partial charge in [-0.05, 0) is 34.4 Å². The van der Waals surface area contributed by atoms with Gasteiger partial charge in [0.25, 0.3) is 0 Å². The van der Waals surface area contributed by atoms with Gasteiger partial charge in [0.2, 0.25) is 0 Å². The number of benzene rings is 4. The molecule has 0 aromatic heterocycles. The Bertz CT molecular complexity index is 970. The second-order valence-electron chi connectivity index (χ2n) is 7.39. The summed E-state index contributed by atoms with van der Waals surface area (Å²) in [5.74, 6) is 0.852. The highest BCUT2D eigenvalue weighted by Crippen LogP contribution is 2.53. The van der Waals surface area contributed by atoms with Crippen LogP contribution in [0.5, 0.6) is 5.75 Å². The van der Waals surface area contributed by atoms with Gasteiger partial charge in [0.05, 0.1) is 11.9 Å². The van der Waals surface area contributed by atoms with Crippen molar-refractivity contribution in [3.05, 3.63) is 138 Å². The summed E-state index contributed by atoms with van der Waals surface area (Å²) in [7, 11) is 1.69. The number of ether oxygens (including phenoxy) is 1. The van der Waals surface area contributed by atoms with Gasteiger partial charge in [-0.2, -0.15) is 0 Å². The summed E-state index contributed by atoms with van der Waals surface area (Å²) >= 11 is 1.90. The van der Waals surface area contributed by atoms with Crippen molar-refractivity contribution in [3.8, 4) is 5.75 Å². The molecule has 0 aliphatic carbocycles. The molecule has 2 nitrogen and oxygen atoms in total. The number of thioether (sulfide) groups is 1. The van der Waals surface area contributed by atoms with Crippen molar-refractivity contribution < 1.29 is 4.74 Å². The molecule has 4 rings (SSSR count). The minimum Gasteiger partial charge on any atom is -0.497 e. The predicted molar refractivity (Wildman–Crippen MR) is 132 cm³/mol. The highest BCUT2D eigenvalue weighted by Gasteiger charge is 2.39. The SMILES string of the molecule is COc1ccc(C(CN)SC(c2ccccc2)(c2ccccc2)c2ccccc2)cc1. The van der Waals surface area contributed by atoms with E-state index in [1.807, 2.05) is 23.9 Å². The Morgan fingerprint density at radius 1 is 0.677 bits per heavy atom. The lowest BCUT2D eigenvalue weighted by molar-refractivity contribution is 0.414. The number of hydrogen-bond donors (Lipinski definition) is 1. The van der Waals surface area contributed by atoms with Gasteiger partial charge in [-0.1, -0.05) is 103 Å². The molecule has 1 atom stereocenters. The van der Waals surface area contributed by atoms with Crippen LogP contribution in [-0.4, -0.2) is 13.7 Å². The van der Waals surface area contributed by atoms with Crippen molar-refractivity contribution in [2.75, 3.05) is 13.7 Å². The van der Waals surface area contributed by atoms with Crippen LogP contribution in [0, 0.1) is 0 Å². The smallest absolute Gasteiger partial charge is 0.118 e. The molecular weight excluding hydrogens is 398 g/mol. The van der Waals surface area contributed by atoms with Crippen LogP contribution in [0.25, 0.3) is 0 Å². The molecule has 0 heterocycles. The van der Waals surface area contributed by atoms with Crippen molar-refractivity contribution in [3.63, 3.8) is 0 Å². The van der Waals surface area contributed by atoms with Gasteiger partial charge in [0, 0.05) is 11.8 Å². The van der Waals surface area contributed by atoms with Gasteiger partial charge in [0.1, 0.15) is 5.75 Å². The lowest BCUT2D eigenvalue weighted by Crippen LogP contribution is -2.28. The van der Waals surface area contributed by atoms with Crippen molar-refractivity contribution in [2.45, 2.75) is 10.00 Å². The standard InChI is InChI=1S/C28H27NOS/c1-30-26-19-17-22(18-20-26)27(21-29)31-28(23-11-5-2-6-12-23,24-13-7-3-8-14-24)25-15-9-4-10-16-25/h2-20,27H,21,29H2,1H3. The van der Waals surface area contributed by atoms with E-state index in [0.29, 0.717) is 6.54 Å². The van der Waals surface area contributed by atoms with Gasteiger partial charge in [-0.15, -0.1) is 11.8 Å². The topological polar surface area (TPSA) is 35.2 Å². The number of hydrogen-bond acceptors (Lipinski definition) is 3. The van der Waals surface area contributed by atoms with Crippen LogP contribution in [0.3, 0.4) is 0 Å². The van der Waals surface area contributed by atoms with Crippen molar-refractivity contribution in [2.24, 2.45) is 5.73 Å². The van der Waals surface area contributed by atoms with Gasteiger partial charge in [0.15, 0.2) is 0 Å². The summed E-state index contributed by atoms with van der Waals surface area (Å²) in [6.45, 7) is 0.533. The van der Waals surface area contributed by atoms with Gasteiger partial charge < -0.3 is 10.5 Å². The second kappa shape index (κ2) is 9.86. The lowest BCUT2D eigenvalue weighted by atomic mass is 9.84. The quantitative estimate of drug-likeness (QED) is 0.331. The van der Waals surface area contributed by atoms with Crippen molar-refractivity contribution in [1.82, 2.24) is 0 Å². The molecule has 0 fully saturated rings. The molecule has 0 spiro atoms. The summed E-state index contributed by atoms with van der Waals surface area (Å²) in [4.78, 5) is 0. The fourth-order valence-electron chi connectivity index (χ4n) is 4.01. The molecule has 0 bridgehead atoms. The van der Waals surface area contributed by atoms with Gasteiger partial charge >= 0.3 is 0 Å². The first-order valence-corrected chi connectivity index (χ1v) is 11.3. The maximum absolute atomic E-state index is 6.36. The molecule has 0 radical (unpaired) electrons. The minimum atomic E-state index is -0.395. The molecule has 31 heavy (non-hydrogen) atoms. The molecule has 1 unspecified atom stereocenters. The van der Waals surface area contributed by atoms with E-state index in [0.717, 1.165) is 5.75 Å². The largest absolute Gasteiger partial charge is 0.497 e. The fraction of sp³-hybridized carbons (Fsp3) is 0.143. The molecular formula is C28H27NOS. The molecule has 4 aromatic carbocycles. The zero-order valence-electron chi connectivity index (χ0n) is 17.6. The van der Waals surface area contributed by atoms with E-state index in [-0.39, 0.29) is 5.25 Å². The predicted octanol–water partition coefficient (Wildman–Crippen LogP) is 6.42. The van der Waals surface area contributed by atoms with E-state index in [2.05, 4.69) is 103 Å². The van der Waals surface area contributed by atoms with Crippen LogP contribution in [0.15, 0.2) is 115 Å². The van der Waals surface area contributed by atoms with E-state index in [1.165, 1.54) is 22.3 Å². The van der Waals surface area contributed by atoms with E-state index >= 15 is 0 Å². The zero-order valence-corrected chi connectivity index (χ0v) is 18.5. The summed E-state index contributed by atoms with van der Waals surface area (Å²) < 4.78 is 4.96. The Kier molecular flexibility index (Phi) is 6.76. The maximum Gasteiger partial charge on any atom is 0.118 e. The molecule has 4 aromatic rings. The molecule has 0 aliphatic heterocycles. The average Bonchev–Trinajstić information content (AvgIpc) is 2.87. The molecule has 0 amide bonds. The molecule has 3 heteroatoms. The van der Waals surface area contributed by atoms with Crippen LogP contribution in [0.4, 0.5) is 0 Å². The van der Waals surface area contributed by atoms with E-state index < -0.39 is 4.75 Å². The average molecular weight is 426 g/mol. The third kappa shape index (κ3) is 4.39. The van der Waals surface area contributed by atoms with Crippen LogP contribution >= 0.6 is 11.8 Å². The first-order valence-electron chi connectivity index (χ1n) is 10.5. The fourth-order valence-corrected chi connectivity index (χ4v) is 5.64. The summed E-state index contributed by atoms with van der Waals surface area (Å²) in [5, 5.41) is 0.103. The highest BCUT2D eigenvalue weighted by atomic mass is 32.2. The Balaban J connectivity index is 1.90. The van der Waals surface area contributed by atoms with Crippen LogP contribution < -0.4 is 10.5 Å². The van der Waals surface area contributed by atoms with Crippen LogP contribution in [0.1, 0.15) is 27.5 Å². The Morgan fingerprint density at radius 3 is 1.45 bits per heavy atom. The third-order valence-corrected chi connectivity index (χ3v) is 7.37. The number of methoxy groups -OCH3 is 1. The second-order valence-corrected chi connectivity index (χ2v) is 8.81. The first kappa shape index (κ1) is 21.2. The Hall–Kier alpha value is -3.01. The zero-order chi connectivity index (χ0) is 21.5. The normalized spacial score (nSPS) is 12.3. The first-order chi connectivity index (χ1) is 15.3. The summed E-state index contributed by atoms with van der Waals surface area (Å²) in [6, 6.07) is 40.4. The summed E-state index contributed by atoms with van der Waals surface area (Å²) in [6.07, 6.45) is 0. The van der Waals surface area contributed by atoms with Crippen LogP contribution in [0.2, 0.25) is 0 Å². The molecule has 0 saturated carbocycles. The molecule has 0 aliphatic rings. The van der Waals surface area contributed by atoms with Crippen LogP contribution in [-0.2, 0) is 4.75 Å². The van der Waals surface area contributed by atoms with Crippen molar-refractivity contribution >= 4 is 11.8 Å². The monoisotopic (exact) mass is 425 g/mol. The van der Waals surface area contributed by atoms with Gasteiger partial charge in [-0.25, -0.2) is 0 Å². The molecule has 2 N–H and O–H groups in total. The number of rotatable bonds is 8. The van der Waals surface area contributed by atoms with Gasteiger partial charge in [-0.3, -0.25) is 0 Å². The molecule has 156 valence electrons. The number of nitrogens with two attached hydrogens (primary N) is 1. The van der Waals surface area contributed by atoms with E-state index in [1.54, 1.807) is 7.11 Å². The lowest BCUT2D eigenvalue weighted by Gasteiger charge is -2.38. The minimum absolute atomic E-state index is 0.103. The Labute approximate surface area is 189 Å². The Morgan fingerprint density at radius 2 is 1.10 bits per heavy atom. The highest BCUT2D eigenvalue weighted by molar-refractivity contribution is 8.00. The van der Waals surface area contributed by atoms with Crippen molar-refractivity contribution in [1.29, 1.82) is 0 Å². The van der Waals surface area contributed by atoms with E-state index in [4.69, 9.17) is 10.5 Å².